The maximum Gasteiger partial charge on any atom is 0.210 e. The number of hydrogen-bond acceptors (Lipinski definition) is 2. The number of benzene rings is 7. The number of hydrogen-bond donors (Lipinski definition) is 0. The van der Waals surface area contributed by atoms with Crippen LogP contribution in [-0.2, 0) is 34.7 Å². The molecule has 7 aromatic rings. The van der Waals surface area contributed by atoms with Crippen LogP contribution in [0.25, 0.3) is 21.5 Å². The van der Waals surface area contributed by atoms with Gasteiger partial charge in [0.05, 0.1) is 10.8 Å². The van der Waals surface area contributed by atoms with Gasteiger partial charge in [-0.2, -0.15) is 9.15 Å². The van der Waals surface area contributed by atoms with E-state index in [-0.39, 0.29) is 21.7 Å². The van der Waals surface area contributed by atoms with E-state index in [9.17, 15) is 0 Å². The average Bonchev–Trinajstić information content (AvgIpc) is 4.14. The topological polar surface area (TPSA) is 12.5 Å². The maximum absolute atomic E-state index is 6.71. The van der Waals surface area contributed by atoms with Crippen molar-refractivity contribution in [3.63, 3.8) is 0 Å². The summed E-state index contributed by atoms with van der Waals surface area (Å²) < 4.78 is 5.19. The van der Waals surface area contributed by atoms with E-state index < -0.39 is 0 Å². The Hall–Kier alpha value is -6.46. The third-order valence-corrected chi connectivity index (χ3v) is 19.5. The maximum atomic E-state index is 6.71. The van der Waals surface area contributed by atoms with Gasteiger partial charge in [0, 0.05) is 104 Å². The third-order valence-electron chi connectivity index (χ3n) is 19.0. The largest absolute Gasteiger partial charge is 0.347 e. The van der Waals surface area contributed by atoms with Crippen molar-refractivity contribution in [1.82, 2.24) is 0 Å². The third kappa shape index (κ3) is 7.66. The van der Waals surface area contributed by atoms with Crippen LogP contribution < -0.4 is 9.80 Å². The van der Waals surface area contributed by atoms with Crippen LogP contribution in [0.5, 0.6) is 0 Å². The van der Waals surface area contributed by atoms with Crippen LogP contribution in [0.2, 0.25) is 10.0 Å². The summed E-state index contributed by atoms with van der Waals surface area (Å²) in [5.41, 5.74) is 18.2. The number of fused-ring (bicyclic) bond motifs is 10. The molecule has 0 amide bonds. The van der Waals surface area contributed by atoms with Crippen LogP contribution in [0.3, 0.4) is 0 Å². The van der Waals surface area contributed by atoms with E-state index in [1.54, 1.807) is 0 Å². The Balaban J connectivity index is 0.863. The Morgan fingerprint density at radius 3 is 1.28 bits per heavy atom. The number of halogens is 2. The summed E-state index contributed by atoms with van der Waals surface area (Å²) in [6, 6.07) is 49.7. The van der Waals surface area contributed by atoms with Crippen molar-refractivity contribution >= 4 is 78.9 Å². The minimum Gasteiger partial charge on any atom is -0.347 e. The van der Waals surface area contributed by atoms with Crippen LogP contribution in [0.4, 0.5) is 22.7 Å². The lowest BCUT2D eigenvalue weighted by Gasteiger charge is -2.36. The van der Waals surface area contributed by atoms with Crippen molar-refractivity contribution in [2.45, 2.75) is 127 Å². The molecule has 6 heteroatoms. The van der Waals surface area contributed by atoms with Gasteiger partial charge in [-0.1, -0.05) is 147 Å². The predicted octanol–water partition coefficient (Wildman–Crippen LogP) is 18.0. The molecule has 0 bridgehead atoms. The summed E-state index contributed by atoms with van der Waals surface area (Å²) in [7, 11) is 4.49. The number of anilines is 2. The summed E-state index contributed by atoms with van der Waals surface area (Å²) >= 11 is 13.4. The van der Waals surface area contributed by atoms with Gasteiger partial charge in [-0.25, -0.2) is 0 Å². The summed E-state index contributed by atoms with van der Waals surface area (Å²) in [6.45, 7) is 11.2. The monoisotopic (exact) mass is 1040 g/mol. The molecule has 4 heterocycles. The first-order chi connectivity index (χ1) is 36.8. The molecule has 2 saturated carbocycles. The number of likely N-dealkylation sites (N-methyl/N-ethyl adjacent to an activating group) is 2. The lowest BCUT2D eigenvalue weighted by atomic mass is 9.68. The second kappa shape index (κ2) is 18.6. The average molecular weight is 1040 g/mol. The molecule has 76 heavy (non-hydrogen) atoms. The normalized spacial score (nSPS) is 20.9. The van der Waals surface area contributed by atoms with Gasteiger partial charge in [0.2, 0.25) is 11.4 Å². The van der Waals surface area contributed by atoms with Crippen molar-refractivity contribution in [3.8, 4) is 0 Å². The fourth-order valence-corrected chi connectivity index (χ4v) is 15.8. The molecule has 0 atom stereocenters. The Bertz CT molecular complexity index is 3470. The van der Waals surface area contributed by atoms with Crippen molar-refractivity contribution in [2.24, 2.45) is 0 Å². The van der Waals surface area contributed by atoms with Crippen LogP contribution in [0.1, 0.15) is 125 Å². The Labute approximate surface area is 460 Å². The van der Waals surface area contributed by atoms with E-state index in [0.717, 1.165) is 48.8 Å². The molecule has 4 nitrogen and oxygen atoms in total. The molecule has 2 spiro atoms. The molecule has 0 saturated heterocycles. The van der Waals surface area contributed by atoms with Crippen molar-refractivity contribution in [1.29, 1.82) is 0 Å². The highest BCUT2D eigenvalue weighted by Gasteiger charge is 2.50. The van der Waals surface area contributed by atoms with Crippen molar-refractivity contribution < 1.29 is 9.15 Å². The first-order valence-electron chi connectivity index (χ1n) is 28.1. The van der Waals surface area contributed by atoms with Gasteiger partial charge < -0.3 is 9.80 Å². The molecule has 13 rings (SSSR count). The number of nitrogens with zero attached hydrogens (tertiary/aromatic N) is 4. The van der Waals surface area contributed by atoms with Gasteiger partial charge in [0.1, 0.15) is 0 Å². The Morgan fingerprint density at radius 2 is 0.868 bits per heavy atom. The highest BCUT2D eigenvalue weighted by atomic mass is 35.5. The lowest BCUT2D eigenvalue weighted by molar-refractivity contribution is -0.455. The second-order valence-electron chi connectivity index (χ2n) is 23.9. The molecule has 2 fully saturated rings. The van der Waals surface area contributed by atoms with Gasteiger partial charge in [-0.3, -0.25) is 0 Å². The molecule has 2 aliphatic carbocycles. The van der Waals surface area contributed by atoms with Gasteiger partial charge >= 0.3 is 0 Å². The number of rotatable bonds is 8. The van der Waals surface area contributed by atoms with E-state index in [0.29, 0.717) is 0 Å². The van der Waals surface area contributed by atoms with Gasteiger partial charge in [0.15, 0.2) is 24.5 Å². The molecule has 0 N–H and O–H groups in total. The molecule has 0 aromatic heterocycles. The highest BCUT2D eigenvalue weighted by Crippen LogP contribution is 2.57. The lowest BCUT2D eigenvalue weighted by Crippen LogP contribution is -2.32. The molecule has 4 aliphatic heterocycles. The van der Waals surface area contributed by atoms with Gasteiger partial charge in [0.25, 0.3) is 0 Å². The highest BCUT2D eigenvalue weighted by molar-refractivity contribution is 6.31. The van der Waals surface area contributed by atoms with Crippen molar-refractivity contribution in [3.05, 3.63) is 225 Å². The fourth-order valence-electron chi connectivity index (χ4n) is 15.4. The molecular weight excluding hydrogens is 968 g/mol. The molecule has 0 radical (unpaired) electrons. The summed E-state index contributed by atoms with van der Waals surface area (Å²) in [5, 5.41) is 6.88. The minimum absolute atomic E-state index is 0.00557. The smallest absolute Gasteiger partial charge is 0.210 e. The molecule has 7 aromatic carbocycles. The zero-order valence-corrected chi connectivity index (χ0v) is 46.7. The molecule has 382 valence electrons. The zero-order chi connectivity index (χ0) is 52.1. The fraction of sp³-hybridized carbons (Fsp3) is 0.314. The van der Waals surface area contributed by atoms with E-state index in [1.807, 2.05) is 12.1 Å². The van der Waals surface area contributed by atoms with Crippen LogP contribution in [0.15, 0.2) is 181 Å². The van der Waals surface area contributed by atoms with E-state index in [2.05, 4.69) is 219 Å². The van der Waals surface area contributed by atoms with E-state index >= 15 is 0 Å². The predicted molar refractivity (Wildman–Crippen MR) is 321 cm³/mol. The second-order valence-corrected chi connectivity index (χ2v) is 24.8. The minimum atomic E-state index is -0.233. The Kier molecular flexibility index (Phi) is 12.0. The zero-order valence-electron chi connectivity index (χ0n) is 45.2. The van der Waals surface area contributed by atoms with E-state index in [1.165, 1.54) is 139 Å². The number of allylic oxidation sites excluding steroid dienone is 8. The molecule has 0 unspecified atom stereocenters. The van der Waals surface area contributed by atoms with Gasteiger partial charge in [-0.15, -0.1) is 0 Å². The van der Waals surface area contributed by atoms with E-state index in [4.69, 9.17) is 23.2 Å². The van der Waals surface area contributed by atoms with Crippen LogP contribution in [-0.4, -0.2) is 34.7 Å². The van der Waals surface area contributed by atoms with Gasteiger partial charge in [-0.05, 0) is 147 Å². The first kappa shape index (κ1) is 49.1. The summed E-state index contributed by atoms with van der Waals surface area (Å²) in [5.74, 6) is 0. The first-order valence-corrected chi connectivity index (χ1v) is 28.8. The standard InChI is InChI=1S/C70H70Cl2N4/c1-67(2)61(23-17-25-63-69(39-13-7-14-40-69)55-43-51(71)33-37-57(55)73(63)5)75(59-35-31-49-19-9-11-21-53(49)65(59)67)45-47-27-29-48(30-28-47)46-76-60-36-32-50-20-10-12-22-54(50)66(60)68(3,4)62(76)24-18-26-64-70(41-15-8-16-42-70)56-44-52(72)34-38-58(56)74(64)6/h9-12,17-38,43-44H,7-8,13-16,39-42,45-46H2,1-6H3/q+2. The van der Waals surface area contributed by atoms with Crippen LogP contribution >= 0.6 is 23.2 Å². The summed E-state index contributed by atoms with van der Waals surface area (Å²) in [6.07, 6.45) is 26.5. The SMILES string of the molecule is CN1/C(=C/C=C/C2=[N+](Cc3ccc(C[N+]4=C(/C=C/C=C5/N(C)c6ccc(Cl)cc6C56CCCCC6)C(C)(C)c5c4ccc4ccccc54)cc3)c3ccc4ccccc4c3C2(C)C)C2(CCCCC2)c2cc(Cl)ccc21. The van der Waals surface area contributed by atoms with Crippen LogP contribution in [0, 0.1) is 0 Å². The molecular formula is C70H70Cl2N4+2. The quantitative estimate of drug-likeness (QED) is 0.141. The van der Waals surface area contributed by atoms with Crippen molar-refractivity contribution in [2.75, 3.05) is 23.9 Å². The summed E-state index contributed by atoms with van der Waals surface area (Å²) in [4.78, 5) is 4.87. The Morgan fingerprint density at radius 1 is 0.474 bits per heavy atom. The molecule has 6 aliphatic rings.